The molecule has 0 aliphatic rings. The molecule has 13 heavy (non-hydrogen) atoms. The molecule has 0 aromatic rings. The Labute approximate surface area is 79.8 Å². The zero-order valence-electron chi connectivity index (χ0n) is 8.71. The maximum Gasteiger partial charge on any atom is 0.508 e. The first-order valence-corrected chi connectivity index (χ1v) is 4.61. The summed E-state index contributed by atoms with van der Waals surface area (Å²) in [6, 6.07) is 0. The van der Waals surface area contributed by atoms with Crippen LogP contribution in [0.3, 0.4) is 0 Å². The summed E-state index contributed by atoms with van der Waals surface area (Å²) in [6.45, 7) is 3.61. The maximum absolute atomic E-state index is 10.8. The van der Waals surface area contributed by atoms with Crippen LogP contribution in [0.1, 0.15) is 19.8 Å². The van der Waals surface area contributed by atoms with Crippen molar-refractivity contribution in [2.75, 3.05) is 33.9 Å². The van der Waals surface area contributed by atoms with E-state index in [0.29, 0.717) is 13.2 Å². The second-order valence-corrected chi connectivity index (χ2v) is 3.10. The molecule has 0 amide bonds. The molecule has 0 aliphatic carbocycles. The molecule has 4 nitrogen and oxygen atoms in total. The van der Waals surface area contributed by atoms with Gasteiger partial charge in [-0.3, -0.25) is 0 Å². The number of carbonyl (C=O) groups excluding carboxylic acids is 1. The minimum absolute atomic E-state index is 0.387. The number of nitrogens with zero attached hydrogens (tertiary/aromatic N) is 1. The van der Waals surface area contributed by atoms with Gasteiger partial charge in [-0.25, -0.2) is 4.79 Å². The van der Waals surface area contributed by atoms with Crippen LogP contribution in [0.25, 0.3) is 0 Å². The summed E-state index contributed by atoms with van der Waals surface area (Å²) in [6.07, 6.45) is 1.35. The normalized spacial score (nSPS) is 10.2. The Morgan fingerprint density at radius 3 is 2.38 bits per heavy atom. The molecule has 0 heterocycles. The smallest absolute Gasteiger partial charge is 0.434 e. The summed E-state index contributed by atoms with van der Waals surface area (Å²) < 4.78 is 9.58. The van der Waals surface area contributed by atoms with Gasteiger partial charge in [0.15, 0.2) is 0 Å². The lowest BCUT2D eigenvalue weighted by molar-refractivity contribution is 0.0505. The Balaban J connectivity index is 3.20. The number of likely N-dealkylation sites (N-methyl/N-ethyl adjacent to an activating group) is 1. The van der Waals surface area contributed by atoms with Crippen LogP contribution in [-0.4, -0.2) is 44.9 Å². The molecule has 0 radical (unpaired) electrons. The predicted octanol–water partition coefficient (Wildman–Crippen LogP) is 1.50. The number of ether oxygens (including phenoxy) is 2. The maximum atomic E-state index is 10.8. The van der Waals surface area contributed by atoms with Gasteiger partial charge in [-0.2, -0.15) is 0 Å². The van der Waals surface area contributed by atoms with Gasteiger partial charge in [0.1, 0.15) is 6.61 Å². The van der Waals surface area contributed by atoms with Crippen molar-refractivity contribution >= 4 is 6.16 Å². The first-order valence-electron chi connectivity index (χ1n) is 4.61. The van der Waals surface area contributed by atoms with E-state index in [1.54, 1.807) is 0 Å². The minimum Gasteiger partial charge on any atom is -0.434 e. The Bertz CT molecular complexity index is 137. The molecule has 0 saturated carbocycles. The third-order valence-electron chi connectivity index (χ3n) is 1.48. The summed E-state index contributed by atoms with van der Waals surface area (Å²) in [5, 5.41) is 0. The van der Waals surface area contributed by atoms with Crippen LogP contribution < -0.4 is 0 Å². The molecule has 4 heteroatoms. The lowest BCUT2D eigenvalue weighted by Gasteiger charge is -2.09. The molecule has 0 aromatic carbocycles. The quantitative estimate of drug-likeness (QED) is 0.469. The van der Waals surface area contributed by atoms with Gasteiger partial charge in [-0.05, 0) is 20.5 Å². The first-order chi connectivity index (χ1) is 6.16. The van der Waals surface area contributed by atoms with E-state index in [0.717, 1.165) is 19.4 Å². The number of rotatable bonds is 6. The standard InChI is InChI=1S/C9H19NO3/c1-4-5-7-12-9(11)13-8-6-10(2)3/h4-8H2,1-3H3. The van der Waals surface area contributed by atoms with Gasteiger partial charge in [-0.15, -0.1) is 0 Å². The fourth-order valence-electron chi connectivity index (χ4n) is 0.653. The minimum atomic E-state index is -0.560. The van der Waals surface area contributed by atoms with Gasteiger partial charge in [-0.1, -0.05) is 13.3 Å². The molecule has 0 atom stereocenters. The van der Waals surface area contributed by atoms with Crippen LogP contribution in [0, 0.1) is 0 Å². The van der Waals surface area contributed by atoms with Crippen LogP contribution in [0.2, 0.25) is 0 Å². The summed E-state index contributed by atoms with van der Waals surface area (Å²) in [4.78, 5) is 12.8. The van der Waals surface area contributed by atoms with Crippen molar-refractivity contribution in [3.63, 3.8) is 0 Å². The monoisotopic (exact) mass is 189 g/mol. The molecule has 0 aromatic heterocycles. The highest BCUT2D eigenvalue weighted by Gasteiger charge is 2.02. The van der Waals surface area contributed by atoms with Crippen LogP contribution in [0.4, 0.5) is 4.79 Å². The molecule has 0 spiro atoms. The highest BCUT2D eigenvalue weighted by Crippen LogP contribution is 1.91. The topological polar surface area (TPSA) is 38.8 Å². The van der Waals surface area contributed by atoms with Crippen molar-refractivity contribution < 1.29 is 14.3 Å². The number of hydrogen-bond acceptors (Lipinski definition) is 4. The van der Waals surface area contributed by atoms with Gasteiger partial charge < -0.3 is 14.4 Å². The van der Waals surface area contributed by atoms with Crippen molar-refractivity contribution in [2.24, 2.45) is 0 Å². The molecule has 0 N–H and O–H groups in total. The van der Waals surface area contributed by atoms with E-state index in [1.165, 1.54) is 0 Å². The predicted molar refractivity (Wildman–Crippen MR) is 50.8 cm³/mol. The summed E-state index contributed by atoms with van der Waals surface area (Å²) >= 11 is 0. The van der Waals surface area contributed by atoms with Gasteiger partial charge in [0, 0.05) is 6.54 Å². The lowest BCUT2D eigenvalue weighted by Crippen LogP contribution is -2.20. The highest BCUT2D eigenvalue weighted by atomic mass is 16.7. The number of unbranched alkanes of at least 4 members (excludes halogenated alkanes) is 1. The zero-order valence-corrected chi connectivity index (χ0v) is 8.71. The molecule has 0 unspecified atom stereocenters. The number of carbonyl (C=O) groups is 1. The van der Waals surface area contributed by atoms with E-state index in [4.69, 9.17) is 9.47 Å². The molecule has 0 bridgehead atoms. The lowest BCUT2D eigenvalue weighted by atomic mass is 10.4. The van der Waals surface area contributed by atoms with Crippen LogP contribution in [-0.2, 0) is 9.47 Å². The van der Waals surface area contributed by atoms with E-state index < -0.39 is 6.16 Å². The Hall–Kier alpha value is -0.770. The fourth-order valence-corrected chi connectivity index (χ4v) is 0.653. The van der Waals surface area contributed by atoms with Crippen molar-refractivity contribution in [1.29, 1.82) is 0 Å². The van der Waals surface area contributed by atoms with Crippen LogP contribution >= 0.6 is 0 Å². The van der Waals surface area contributed by atoms with E-state index in [2.05, 4.69) is 0 Å². The largest absolute Gasteiger partial charge is 0.508 e. The molecular weight excluding hydrogens is 170 g/mol. The van der Waals surface area contributed by atoms with Crippen LogP contribution in [0.5, 0.6) is 0 Å². The second kappa shape index (κ2) is 7.86. The van der Waals surface area contributed by atoms with Crippen molar-refractivity contribution in [3.05, 3.63) is 0 Å². The van der Waals surface area contributed by atoms with E-state index >= 15 is 0 Å². The third kappa shape index (κ3) is 9.14. The SMILES string of the molecule is CCCCOC(=O)OCCN(C)C. The van der Waals surface area contributed by atoms with Gasteiger partial charge in [0.25, 0.3) is 0 Å². The van der Waals surface area contributed by atoms with E-state index in [-0.39, 0.29) is 0 Å². The molecule has 0 aliphatic heterocycles. The van der Waals surface area contributed by atoms with Crippen molar-refractivity contribution in [3.8, 4) is 0 Å². The second-order valence-electron chi connectivity index (χ2n) is 3.10. The highest BCUT2D eigenvalue weighted by molar-refractivity contribution is 5.59. The molecular formula is C9H19NO3. The Morgan fingerprint density at radius 2 is 1.85 bits per heavy atom. The molecule has 0 saturated heterocycles. The number of hydrogen-bond donors (Lipinski definition) is 0. The van der Waals surface area contributed by atoms with Gasteiger partial charge in [0.2, 0.25) is 0 Å². The molecule has 0 fully saturated rings. The third-order valence-corrected chi connectivity index (χ3v) is 1.48. The first kappa shape index (κ1) is 12.2. The summed E-state index contributed by atoms with van der Waals surface area (Å²) in [5.74, 6) is 0. The fraction of sp³-hybridized carbons (Fsp3) is 0.889. The van der Waals surface area contributed by atoms with Crippen LogP contribution in [0.15, 0.2) is 0 Å². The van der Waals surface area contributed by atoms with E-state index in [1.807, 2.05) is 25.9 Å². The van der Waals surface area contributed by atoms with Gasteiger partial charge in [0.05, 0.1) is 6.61 Å². The van der Waals surface area contributed by atoms with Gasteiger partial charge >= 0.3 is 6.16 Å². The average molecular weight is 189 g/mol. The molecule has 0 rings (SSSR count). The molecule has 78 valence electrons. The van der Waals surface area contributed by atoms with E-state index in [9.17, 15) is 4.79 Å². The summed E-state index contributed by atoms with van der Waals surface area (Å²) in [5.41, 5.74) is 0. The Morgan fingerprint density at radius 1 is 1.23 bits per heavy atom. The Kier molecular flexibility index (Phi) is 7.39. The summed E-state index contributed by atoms with van der Waals surface area (Å²) in [7, 11) is 3.84. The van der Waals surface area contributed by atoms with Crippen molar-refractivity contribution in [1.82, 2.24) is 4.90 Å². The zero-order chi connectivity index (χ0) is 10.1. The average Bonchev–Trinajstić information content (AvgIpc) is 2.04. The van der Waals surface area contributed by atoms with Crippen molar-refractivity contribution in [2.45, 2.75) is 19.8 Å².